The summed E-state index contributed by atoms with van der Waals surface area (Å²) in [5.74, 6) is 6.06. The van der Waals surface area contributed by atoms with E-state index in [0.29, 0.717) is 5.92 Å². The topological polar surface area (TPSA) is 38.0 Å². The van der Waals surface area contributed by atoms with Crippen molar-refractivity contribution in [2.75, 3.05) is 0 Å². The molecule has 1 fully saturated rings. The first-order chi connectivity index (χ1) is 8.94. The van der Waals surface area contributed by atoms with Crippen LogP contribution in [0.4, 0.5) is 4.39 Å². The molecule has 2 nitrogen and oxygen atoms in total. The minimum Gasteiger partial charge on any atom is -0.271 e. The summed E-state index contributed by atoms with van der Waals surface area (Å²) in [4.78, 5) is 0. The largest absolute Gasteiger partial charge is 0.271 e. The van der Waals surface area contributed by atoms with E-state index in [4.69, 9.17) is 5.84 Å². The van der Waals surface area contributed by atoms with Crippen molar-refractivity contribution in [1.29, 1.82) is 0 Å². The highest BCUT2D eigenvalue weighted by Crippen LogP contribution is 2.46. The fraction of sp³-hybridized carbons (Fsp3) is 0.625. The lowest BCUT2D eigenvalue weighted by atomic mass is 9.65. The summed E-state index contributed by atoms with van der Waals surface area (Å²) in [6.07, 6.45) is 4.88. The van der Waals surface area contributed by atoms with Gasteiger partial charge in [-0.2, -0.15) is 0 Å². The first-order valence-electron chi connectivity index (χ1n) is 7.17. The Morgan fingerprint density at radius 1 is 1.32 bits per heavy atom. The maximum Gasteiger partial charge on any atom is 0.123 e. The van der Waals surface area contributed by atoms with Crippen LogP contribution in [0.3, 0.4) is 0 Å². The molecule has 0 saturated heterocycles. The molecule has 1 aliphatic rings. The van der Waals surface area contributed by atoms with Crippen LogP contribution in [0.15, 0.2) is 18.2 Å². The van der Waals surface area contributed by atoms with Crippen molar-refractivity contribution in [1.82, 2.24) is 5.43 Å². The van der Waals surface area contributed by atoms with Crippen LogP contribution in [0.1, 0.15) is 56.7 Å². The summed E-state index contributed by atoms with van der Waals surface area (Å²) in [6.45, 7) is 6.52. The van der Waals surface area contributed by atoms with E-state index in [9.17, 15) is 4.39 Å². The molecular formula is C16H25FN2. The van der Waals surface area contributed by atoms with Gasteiger partial charge in [0.05, 0.1) is 0 Å². The molecule has 0 aliphatic heterocycles. The molecule has 3 N–H and O–H groups in total. The first-order valence-corrected chi connectivity index (χ1v) is 7.17. The van der Waals surface area contributed by atoms with Gasteiger partial charge >= 0.3 is 0 Å². The maximum absolute atomic E-state index is 13.6. The van der Waals surface area contributed by atoms with Crippen molar-refractivity contribution in [2.45, 2.75) is 52.5 Å². The van der Waals surface area contributed by atoms with Crippen LogP contribution in [0.2, 0.25) is 0 Å². The van der Waals surface area contributed by atoms with Crippen LogP contribution in [-0.4, -0.2) is 0 Å². The summed E-state index contributed by atoms with van der Waals surface area (Å²) >= 11 is 0. The molecule has 1 aliphatic carbocycles. The summed E-state index contributed by atoms with van der Waals surface area (Å²) in [7, 11) is 0. The molecule has 2 rings (SSSR count). The van der Waals surface area contributed by atoms with Crippen LogP contribution in [-0.2, 0) is 0 Å². The van der Waals surface area contributed by atoms with Crippen molar-refractivity contribution in [3.63, 3.8) is 0 Å². The number of hydrazine groups is 1. The number of nitrogens with one attached hydrogen (secondary N) is 1. The maximum atomic E-state index is 13.6. The quantitative estimate of drug-likeness (QED) is 0.642. The van der Waals surface area contributed by atoms with Crippen LogP contribution in [0.5, 0.6) is 0 Å². The molecule has 0 radical (unpaired) electrons. The van der Waals surface area contributed by atoms with E-state index in [1.807, 2.05) is 13.0 Å². The van der Waals surface area contributed by atoms with Crippen LogP contribution < -0.4 is 11.3 Å². The zero-order valence-corrected chi connectivity index (χ0v) is 12.2. The molecule has 1 aromatic rings. The van der Waals surface area contributed by atoms with E-state index in [2.05, 4.69) is 19.3 Å². The molecule has 0 amide bonds. The van der Waals surface area contributed by atoms with Gasteiger partial charge in [-0.1, -0.05) is 32.8 Å². The number of halogens is 1. The fourth-order valence-electron chi connectivity index (χ4n) is 3.53. The Morgan fingerprint density at radius 3 is 2.63 bits per heavy atom. The van der Waals surface area contributed by atoms with Crippen molar-refractivity contribution >= 4 is 0 Å². The van der Waals surface area contributed by atoms with Gasteiger partial charge in [-0.3, -0.25) is 11.3 Å². The molecule has 0 spiro atoms. The SMILES string of the molecule is Cc1cc(F)cc(C(NN)C2CCCCC2(C)C)c1. The van der Waals surface area contributed by atoms with E-state index >= 15 is 0 Å². The van der Waals surface area contributed by atoms with Crippen molar-refractivity contribution in [3.05, 3.63) is 35.1 Å². The lowest BCUT2D eigenvalue weighted by Crippen LogP contribution is -2.41. The normalized spacial score (nSPS) is 24.2. The van der Waals surface area contributed by atoms with E-state index < -0.39 is 0 Å². The molecule has 19 heavy (non-hydrogen) atoms. The van der Waals surface area contributed by atoms with Gasteiger partial charge in [-0.25, -0.2) is 4.39 Å². The third-order valence-electron chi connectivity index (χ3n) is 4.60. The average Bonchev–Trinajstić information content (AvgIpc) is 2.30. The van der Waals surface area contributed by atoms with Gasteiger partial charge in [0.1, 0.15) is 5.82 Å². The monoisotopic (exact) mass is 264 g/mol. The van der Waals surface area contributed by atoms with E-state index in [1.54, 1.807) is 12.1 Å². The second-order valence-corrected chi connectivity index (χ2v) is 6.55. The number of benzene rings is 1. The molecule has 2 unspecified atom stereocenters. The second-order valence-electron chi connectivity index (χ2n) is 6.55. The third-order valence-corrected chi connectivity index (χ3v) is 4.60. The number of hydrogen-bond acceptors (Lipinski definition) is 2. The Hall–Kier alpha value is -0.930. The van der Waals surface area contributed by atoms with Gasteiger partial charge < -0.3 is 0 Å². The number of nitrogens with two attached hydrogens (primary N) is 1. The highest BCUT2D eigenvalue weighted by atomic mass is 19.1. The predicted molar refractivity (Wildman–Crippen MR) is 76.9 cm³/mol. The average molecular weight is 264 g/mol. The molecule has 1 saturated carbocycles. The van der Waals surface area contributed by atoms with Gasteiger partial charge in [-0.05, 0) is 54.4 Å². The molecule has 0 heterocycles. The highest BCUT2D eigenvalue weighted by Gasteiger charge is 2.37. The van der Waals surface area contributed by atoms with Crippen molar-refractivity contribution < 1.29 is 4.39 Å². The van der Waals surface area contributed by atoms with Crippen LogP contribution in [0.25, 0.3) is 0 Å². The highest BCUT2D eigenvalue weighted by molar-refractivity contribution is 5.27. The third kappa shape index (κ3) is 3.15. The van der Waals surface area contributed by atoms with E-state index in [-0.39, 0.29) is 17.3 Å². The summed E-state index contributed by atoms with van der Waals surface area (Å²) in [6, 6.07) is 5.24. The van der Waals surface area contributed by atoms with Gasteiger partial charge in [0.2, 0.25) is 0 Å². The zero-order valence-electron chi connectivity index (χ0n) is 12.2. The molecule has 1 aromatic carbocycles. The first kappa shape index (κ1) is 14.5. The summed E-state index contributed by atoms with van der Waals surface area (Å²) < 4.78 is 13.6. The van der Waals surface area contributed by atoms with E-state index in [1.165, 1.54) is 19.3 Å². The fourth-order valence-corrected chi connectivity index (χ4v) is 3.53. The lowest BCUT2D eigenvalue weighted by molar-refractivity contribution is 0.0981. The predicted octanol–water partition coefficient (Wildman–Crippen LogP) is 3.85. The minimum atomic E-state index is -0.177. The number of aryl methyl sites for hydroxylation is 1. The van der Waals surface area contributed by atoms with Crippen molar-refractivity contribution in [2.24, 2.45) is 17.2 Å². The van der Waals surface area contributed by atoms with Gasteiger partial charge in [-0.15, -0.1) is 0 Å². The van der Waals surface area contributed by atoms with Crippen LogP contribution in [0, 0.1) is 24.1 Å². The Labute approximate surface area is 115 Å². The minimum absolute atomic E-state index is 0.0321. The molecular weight excluding hydrogens is 239 g/mol. The Morgan fingerprint density at radius 2 is 2.05 bits per heavy atom. The van der Waals surface area contributed by atoms with Crippen molar-refractivity contribution in [3.8, 4) is 0 Å². The second kappa shape index (κ2) is 5.59. The van der Waals surface area contributed by atoms with Gasteiger partial charge in [0.15, 0.2) is 0 Å². The number of rotatable bonds is 3. The smallest absolute Gasteiger partial charge is 0.123 e. The Bertz CT molecular complexity index is 422. The number of hydrogen-bond donors (Lipinski definition) is 2. The molecule has 0 bridgehead atoms. The Balaban J connectivity index is 2.33. The standard InChI is InChI=1S/C16H25FN2/c1-11-8-12(10-13(17)9-11)15(19-18)14-6-4-5-7-16(14,2)3/h8-10,14-15,19H,4-7,18H2,1-3H3. The summed E-state index contributed by atoms with van der Waals surface area (Å²) in [5.41, 5.74) is 5.10. The lowest BCUT2D eigenvalue weighted by Gasteiger charge is -2.43. The molecule has 2 atom stereocenters. The van der Waals surface area contributed by atoms with E-state index in [0.717, 1.165) is 17.5 Å². The summed E-state index contributed by atoms with van der Waals surface area (Å²) in [5, 5.41) is 0. The van der Waals surface area contributed by atoms with Gasteiger partial charge in [0, 0.05) is 6.04 Å². The molecule has 106 valence electrons. The van der Waals surface area contributed by atoms with Crippen LogP contribution >= 0.6 is 0 Å². The molecule has 0 aromatic heterocycles. The zero-order chi connectivity index (χ0) is 14.0. The Kier molecular flexibility index (Phi) is 4.26. The molecule has 3 heteroatoms. The van der Waals surface area contributed by atoms with Gasteiger partial charge in [0.25, 0.3) is 0 Å².